The minimum atomic E-state index is -1.13. The van der Waals surface area contributed by atoms with Gasteiger partial charge in [-0.1, -0.05) is 11.2 Å². The quantitative estimate of drug-likeness (QED) is 0.779. The van der Waals surface area contributed by atoms with Gasteiger partial charge in [-0.25, -0.2) is 9.78 Å². The van der Waals surface area contributed by atoms with E-state index in [1.165, 1.54) is 6.20 Å². The highest BCUT2D eigenvalue weighted by Gasteiger charge is 2.13. The van der Waals surface area contributed by atoms with Crippen LogP contribution in [0.4, 0.5) is 0 Å². The number of aromatic nitrogens is 2. The lowest BCUT2D eigenvalue weighted by molar-refractivity contribution is 0.0684. The molecule has 3 aromatic rings. The van der Waals surface area contributed by atoms with Gasteiger partial charge in [0.15, 0.2) is 17.2 Å². The van der Waals surface area contributed by atoms with Crippen LogP contribution in [0.25, 0.3) is 10.6 Å². The maximum Gasteiger partial charge on any atom is 0.358 e. The molecule has 0 saturated heterocycles. The van der Waals surface area contributed by atoms with Crippen LogP contribution in [0.2, 0.25) is 0 Å². The van der Waals surface area contributed by atoms with Crippen molar-refractivity contribution in [1.82, 2.24) is 10.1 Å². The molecule has 7 heteroatoms. The Balaban J connectivity index is 1.73. The van der Waals surface area contributed by atoms with Gasteiger partial charge in [0.05, 0.1) is 4.88 Å². The molecule has 0 bridgehead atoms. The zero-order valence-electron chi connectivity index (χ0n) is 10.7. The Labute approximate surface area is 123 Å². The molecule has 0 aromatic carbocycles. The number of pyridine rings is 1. The Bertz CT molecular complexity index is 752. The predicted molar refractivity (Wildman–Crippen MR) is 75.3 cm³/mol. The van der Waals surface area contributed by atoms with Crippen molar-refractivity contribution in [3.05, 3.63) is 53.3 Å². The molecule has 1 N–H and O–H groups in total. The molecule has 0 aliphatic rings. The second-order valence-corrected chi connectivity index (χ2v) is 5.05. The fourth-order valence-corrected chi connectivity index (χ4v) is 2.41. The lowest BCUT2D eigenvalue weighted by Gasteiger charge is -2.05. The van der Waals surface area contributed by atoms with Crippen LogP contribution in [-0.4, -0.2) is 21.2 Å². The SMILES string of the molecule is O=C(O)c1ncccc1OCc1cc(-c2cccs2)on1. The van der Waals surface area contributed by atoms with Gasteiger partial charge in [-0.2, -0.15) is 0 Å². The smallest absolute Gasteiger partial charge is 0.358 e. The molecule has 0 spiro atoms. The minimum Gasteiger partial charge on any atom is -0.485 e. The van der Waals surface area contributed by atoms with E-state index in [4.69, 9.17) is 14.4 Å². The fraction of sp³-hybridized carbons (Fsp3) is 0.0714. The number of rotatable bonds is 5. The summed E-state index contributed by atoms with van der Waals surface area (Å²) in [5.74, 6) is -0.274. The van der Waals surface area contributed by atoms with Gasteiger partial charge < -0.3 is 14.4 Å². The number of thiophene rings is 1. The van der Waals surface area contributed by atoms with E-state index in [0.717, 1.165) is 4.88 Å². The Morgan fingerprint density at radius 2 is 2.29 bits per heavy atom. The summed E-state index contributed by atoms with van der Waals surface area (Å²) in [5.41, 5.74) is 0.457. The number of nitrogens with zero attached hydrogens (tertiary/aromatic N) is 2. The highest BCUT2D eigenvalue weighted by Crippen LogP contribution is 2.25. The third-order valence-corrected chi connectivity index (χ3v) is 3.56. The number of ether oxygens (including phenoxy) is 1. The topological polar surface area (TPSA) is 85.5 Å². The average Bonchev–Trinajstić information content (AvgIpc) is 3.16. The van der Waals surface area contributed by atoms with Crippen LogP contribution in [0.3, 0.4) is 0 Å². The molecule has 0 aliphatic carbocycles. The second kappa shape index (κ2) is 5.76. The molecule has 0 radical (unpaired) electrons. The van der Waals surface area contributed by atoms with Crippen molar-refractivity contribution in [2.45, 2.75) is 6.61 Å². The van der Waals surface area contributed by atoms with E-state index in [0.29, 0.717) is 11.5 Å². The summed E-state index contributed by atoms with van der Waals surface area (Å²) in [6, 6.07) is 8.79. The van der Waals surface area contributed by atoms with Crippen molar-refractivity contribution in [3.63, 3.8) is 0 Å². The van der Waals surface area contributed by atoms with E-state index >= 15 is 0 Å². The third-order valence-electron chi connectivity index (χ3n) is 2.67. The van der Waals surface area contributed by atoms with Crippen LogP contribution in [-0.2, 0) is 6.61 Å². The normalized spacial score (nSPS) is 10.5. The van der Waals surface area contributed by atoms with E-state index in [-0.39, 0.29) is 18.1 Å². The largest absolute Gasteiger partial charge is 0.485 e. The van der Waals surface area contributed by atoms with E-state index in [1.807, 2.05) is 17.5 Å². The van der Waals surface area contributed by atoms with Crippen molar-refractivity contribution in [1.29, 1.82) is 0 Å². The summed E-state index contributed by atoms with van der Waals surface area (Å²) in [6.07, 6.45) is 1.40. The van der Waals surface area contributed by atoms with Gasteiger partial charge in [0.25, 0.3) is 0 Å². The van der Waals surface area contributed by atoms with Crippen LogP contribution in [0.15, 0.2) is 46.4 Å². The summed E-state index contributed by atoms with van der Waals surface area (Å²) >= 11 is 1.55. The van der Waals surface area contributed by atoms with Crippen LogP contribution in [0.5, 0.6) is 5.75 Å². The van der Waals surface area contributed by atoms with Gasteiger partial charge in [-0.3, -0.25) is 0 Å². The molecule has 0 aliphatic heterocycles. The summed E-state index contributed by atoms with van der Waals surface area (Å²) in [6.45, 7) is 0.112. The van der Waals surface area contributed by atoms with Crippen LogP contribution in [0, 0.1) is 0 Å². The number of carbonyl (C=O) groups is 1. The van der Waals surface area contributed by atoms with Crippen molar-refractivity contribution >= 4 is 17.3 Å². The van der Waals surface area contributed by atoms with E-state index in [1.54, 1.807) is 29.5 Å². The number of hydrogen-bond acceptors (Lipinski definition) is 6. The summed E-state index contributed by atoms with van der Waals surface area (Å²) in [5, 5.41) is 14.9. The molecule has 0 saturated carbocycles. The monoisotopic (exact) mass is 302 g/mol. The highest BCUT2D eigenvalue weighted by atomic mass is 32.1. The zero-order valence-corrected chi connectivity index (χ0v) is 11.5. The van der Waals surface area contributed by atoms with Crippen molar-refractivity contribution in [2.24, 2.45) is 0 Å². The number of carboxylic acid groups (broad SMARTS) is 1. The molecular weight excluding hydrogens is 292 g/mol. The van der Waals surface area contributed by atoms with E-state index < -0.39 is 5.97 Å². The summed E-state index contributed by atoms with van der Waals surface area (Å²) in [4.78, 5) is 15.8. The summed E-state index contributed by atoms with van der Waals surface area (Å²) < 4.78 is 10.7. The number of carboxylic acids is 1. The Morgan fingerprint density at radius 3 is 3.05 bits per heavy atom. The molecule has 0 fully saturated rings. The maximum atomic E-state index is 11.0. The first-order chi connectivity index (χ1) is 10.2. The Kier molecular flexibility index (Phi) is 3.65. The molecule has 21 heavy (non-hydrogen) atoms. The molecule has 3 rings (SSSR count). The number of aromatic carboxylic acids is 1. The van der Waals surface area contributed by atoms with Crippen LogP contribution in [0.1, 0.15) is 16.2 Å². The first-order valence-electron chi connectivity index (χ1n) is 6.04. The molecule has 3 aromatic heterocycles. The Hall–Kier alpha value is -2.67. The van der Waals surface area contributed by atoms with Crippen LogP contribution < -0.4 is 4.74 Å². The van der Waals surface area contributed by atoms with Gasteiger partial charge in [-0.15, -0.1) is 11.3 Å². The van der Waals surface area contributed by atoms with Gasteiger partial charge in [0.2, 0.25) is 0 Å². The van der Waals surface area contributed by atoms with Gasteiger partial charge in [0, 0.05) is 12.3 Å². The fourth-order valence-electron chi connectivity index (χ4n) is 1.73. The van der Waals surface area contributed by atoms with Crippen molar-refractivity contribution < 1.29 is 19.2 Å². The van der Waals surface area contributed by atoms with E-state index in [2.05, 4.69) is 10.1 Å². The molecule has 106 valence electrons. The predicted octanol–water partition coefficient (Wildman–Crippen LogP) is 3.08. The zero-order chi connectivity index (χ0) is 14.7. The van der Waals surface area contributed by atoms with E-state index in [9.17, 15) is 4.79 Å². The molecule has 3 heterocycles. The highest BCUT2D eigenvalue weighted by molar-refractivity contribution is 7.13. The first-order valence-corrected chi connectivity index (χ1v) is 6.92. The third kappa shape index (κ3) is 2.92. The number of hydrogen-bond donors (Lipinski definition) is 1. The first kappa shape index (κ1) is 13.3. The van der Waals surface area contributed by atoms with Crippen molar-refractivity contribution in [2.75, 3.05) is 0 Å². The van der Waals surface area contributed by atoms with Gasteiger partial charge in [0.1, 0.15) is 12.3 Å². The van der Waals surface area contributed by atoms with Gasteiger partial charge >= 0.3 is 5.97 Å². The molecule has 0 atom stereocenters. The van der Waals surface area contributed by atoms with Crippen LogP contribution >= 0.6 is 11.3 Å². The minimum absolute atomic E-state index is 0.112. The van der Waals surface area contributed by atoms with Crippen molar-refractivity contribution in [3.8, 4) is 16.4 Å². The molecule has 0 amide bonds. The average molecular weight is 302 g/mol. The molecular formula is C14H10N2O4S. The molecule has 6 nitrogen and oxygen atoms in total. The molecule has 0 unspecified atom stereocenters. The lowest BCUT2D eigenvalue weighted by atomic mass is 10.3. The Morgan fingerprint density at radius 1 is 1.38 bits per heavy atom. The maximum absolute atomic E-state index is 11.0. The lowest BCUT2D eigenvalue weighted by Crippen LogP contribution is -2.05. The standard InChI is InChI=1S/C14H10N2O4S/c17-14(18)13-10(3-1-5-15-13)19-8-9-7-11(20-16-9)12-4-2-6-21-12/h1-7H,8H2,(H,17,18). The summed E-state index contributed by atoms with van der Waals surface area (Å²) in [7, 11) is 0. The van der Waals surface area contributed by atoms with Gasteiger partial charge in [-0.05, 0) is 23.6 Å². The second-order valence-electron chi connectivity index (χ2n) is 4.10.